The van der Waals surface area contributed by atoms with E-state index in [9.17, 15) is 4.79 Å². The molecular weight excluding hydrogens is 188 g/mol. The fourth-order valence-electron chi connectivity index (χ4n) is 1.04. The number of unbranched alkanes of at least 4 members (excludes halogenated alkanes) is 1. The molecule has 0 spiro atoms. The molecule has 1 aromatic rings. The van der Waals surface area contributed by atoms with Gasteiger partial charge in [0, 0.05) is 6.08 Å². The number of carbonyl (C=O) groups is 1. The summed E-state index contributed by atoms with van der Waals surface area (Å²) < 4.78 is 12.6. The normalized spacial score (nSPS) is 12.1. The van der Waals surface area contributed by atoms with E-state index in [4.69, 9.17) is 6.11 Å². The fourth-order valence-corrected chi connectivity index (χ4v) is 1.04. The lowest BCUT2D eigenvalue weighted by Gasteiger charge is -1.98. The van der Waals surface area contributed by atoms with Crippen LogP contribution in [-0.2, 0) is 9.53 Å². The zero-order chi connectivity index (χ0) is 11.8. The van der Waals surface area contributed by atoms with Gasteiger partial charge in [-0.2, -0.15) is 0 Å². The predicted octanol–water partition coefficient (Wildman–Crippen LogP) is 3.04. The summed E-state index contributed by atoms with van der Waals surface area (Å²) in [6.07, 6.45) is 3.06. The largest absolute Gasteiger partial charge is 0.463 e. The van der Waals surface area contributed by atoms with Crippen molar-refractivity contribution in [2.24, 2.45) is 0 Å². The van der Waals surface area contributed by atoms with Crippen molar-refractivity contribution in [2.75, 3.05) is 6.61 Å². The van der Waals surface area contributed by atoms with Crippen LogP contribution < -0.4 is 0 Å². The molecule has 1 aromatic carbocycles. The summed E-state index contributed by atoms with van der Waals surface area (Å²) in [6, 6.07) is 9.30. The molecule has 0 aliphatic heterocycles. The number of ether oxygens (including phenoxy) is 1. The first-order chi connectivity index (χ1) is 7.74. The van der Waals surface area contributed by atoms with Gasteiger partial charge in [-0.25, -0.2) is 4.79 Å². The second kappa shape index (κ2) is 6.82. The molecule has 15 heavy (non-hydrogen) atoms. The lowest BCUT2D eigenvalue weighted by atomic mass is 10.2. The lowest BCUT2D eigenvalue weighted by molar-refractivity contribution is -0.137. The molecule has 0 aliphatic carbocycles. The Kier molecular flexibility index (Phi) is 4.53. The van der Waals surface area contributed by atoms with Crippen LogP contribution in [0.25, 0.3) is 6.05 Å². The number of rotatable bonds is 5. The highest BCUT2D eigenvalue weighted by Gasteiger charge is 1.95. The molecule has 0 bridgehead atoms. The maximum atomic E-state index is 11.3. The maximum Gasteiger partial charge on any atom is 0.330 e. The smallest absolute Gasteiger partial charge is 0.330 e. The Bertz CT molecular complexity index is 357. The average Bonchev–Trinajstić information content (AvgIpc) is 2.30. The molecule has 0 aliphatic rings. The van der Waals surface area contributed by atoms with Crippen LogP contribution in [0.15, 0.2) is 36.4 Å². The van der Waals surface area contributed by atoms with Crippen molar-refractivity contribution in [1.29, 1.82) is 0 Å². The summed E-state index contributed by atoms with van der Waals surface area (Å²) in [5.41, 5.74) is 0.718. The van der Waals surface area contributed by atoms with E-state index in [0.717, 1.165) is 18.4 Å². The van der Waals surface area contributed by atoms with Gasteiger partial charge in [-0.1, -0.05) is 43.7 Å². The third kappa shape index (κ3) is 5.01. The molecule has 0 radical (unpaired) electrons. The average molecular weight is 205 g/mol. The van der Waals surface area contributed by atoms with Crippen molar-refractivity contribution < 1.29 is 10.9 Å². The summed E-state index contributed by atoms with van der Waals surface area (Å²) in [4.78, 5) is 11.3. The predicted molar refractivity (Wildman–Crippen MR) is 61.3 cm³/mol. The Morgan fingerprint density at radius 3 is 2.87 bits per heavy atom. The van der Waals surface area contributed by atoms with Crippen LogP contribution in [0, 0.1) is 0 Å². The zero-order valence-corrected chi connectivity index (χ0v) is 8.90. The number of benzene rings is 1. The van der Waals surface area contributed by atoms with E-state index < -0.39 is 5.97 Å². The third-order valence-electron chi connectivity index (χ3n) is 1.87. The second-order valence-corrected chi connectivity index (χ2v) is 3.18. The summed E-state index contributed by atoms with van der Waals surface area (Å²) in [5.74, 6) is -0.442. The van der Waals surface area contributed by atoms with Gasteiger partial charge in [0.25, 0.3) is 0 Å². The molecule has 0 aromatic heterocycles. The fraction of sp³-hybridized carbons (Fsp3) is 0.308. The van der Waals surface area contributed by atoms with Gasteiger partial charge in [0.15, 0.2) is 0 Å². The van der Waals surface area contributed by atoms with Gasteiger partial charge in [-0.05, 0) is 18.0 Å². The minimum absolute atomic E-state index is 0.182. The van der Waals surface area contributed by atoms with Crippen molar-refractivity contribution in [3.05, 3.63) is 42.0 Å². The van der Waals surface area contributed by atoms with Crippen molar-refractivity contribution in [1.82, 2.24) is 0 Å². The second-order valence-electron chi connectivity index (χ2n) is 3.18. The van der Waals surface area contributed by atoms with Gasteiger partial charge in [-0.3, -0.25) is 0 Å². The first kappa shape index (κ1) is 9.97. The van der Waals surface area contributed by atoms with Crippen LogP contribution in [0.5, 0.6) is 0 Å². The Balaban J connectivity index is 2.53. The van der Waals surface area contributed by atoms with Crippen LogP contribution in [0.4, 0.5) is 0 Å². The van der Waals surface area contributed by atoms with Crippen LogP contribution in [0.2, 0.25) is 0 Å². The molecule has 0 saturated heterocycles. The first-order valence-corrected chi connectivity index (χ1v) is 5.14. The lowest BCUT2D eigenvalue weighted by Crippen LogP contribution is -2.01. The quantitative estimate of drug-likeness (QED) is 0.419. The van der Waals surface area contributed by atoms with Gasteiger partial charge >= 0.3 is 5.97 Å². The SMILES string of the molecule is [2H]/C(=C\C(=O)OCCCC)c1ccccc1. The standard InChI is InChI=1S/C13H16O2/c1-2-3-11-15-13(14)10-9-12-7-5-4-6-8-12/h4-10H,2-3,11H2,1H3/b10-9+/i9D. The number of esters is 1. The number of carbonyl (C=O) groups excluding carboxylic acids is 1. The highest BCUT2D eigenvalue weighted by molar-refractivity contribution is 5.86. The Morgan fingerprint density at radius 2 is 2.20 bits per heavy atom. The molecule has 80 valence electrons. The monoisotopic (exact) mass is 205 g/mol. The molecule has 0 fully saturated rings. The molecule has 0 heterocycles. The van der Waals surface area contributed by atoms with Gasteiger partial charge < -0.3 is 4.74 Å². The molecule has 0 amide bonds. The number of hydrogen-bond acceptors (Lipinski definition) is 2. The Labute approximate surface area is 92.0 Å². The summed E-state index contributed by atoms with van der Waals surface area (Å²) in [7, 11) is 0. The zero-order valence-electron chi connectivity index (χ0n) is 9.90. The molecule has 0 unspecified atom stereocenters. The number of hydrogen-bond donors (Lipinski definition) is 0. The third-order valence-corrected chi connectivity index (χ3v) is 1.87. The Morgan fingerprint density at radius 1 is 1.47 bits per heavy atom. The van der Waals surface area contributed by atoms with E-state index in [2.05, 4.69) is 0 Å². The van der Waals surface area contributed by atoms with Gasteiger partial charge in [0.2, 0.25) is 0 Å². The van der Waals surface area contributed by atoms with E-state index in [1.807, 2.05) is 25.1 Å². The van der Waals surface area contributed by atoms with E-state index in [0.29, 0.717) is 6.61 Å². The molecule has 2 nitrogen and oxygen atoms in total. The first-order valence-electron chi connectivity index (χ1n) is 5.64. The minimum atomic E-state index is -0.442. The van der Waals surface area contributed by atoms with Crippen LogP contribution >= 0.6 is 0 Å². The molecular formula is C13H16O2. The summed E-state index contributed by atoms with van der Waals surface area (Å²) in [5, 5.41) is 0. The maximum absolute atomic E-state index is 11.3. The van der Waals surface area contributed by atoms with E-state index in [-0.39, 0.29) is 6.05 Å². The summed E-state index contributed by atoms with van der Waals surface area (Å²) in [6.45, 7) is 2.46. The van der Waals surface area contributed by atoms with Crippen LogP contribution in [0.1, 0.15) is 26.7 Å². The van der Waals surface area contributed by atoms with E-state index in [1.165, 1.54) is 6.08 Å². The van der Waals surface area contributed by atoms with E-state index >= 15 is 0 Å². The molecule has 1 rings (SSSR count). The topological polar surface area (TPSA) is 26.3 Å². The van der Waals surface area contributed by atoms with Crippen molar-refractivity contribution in [2.45, 2.75) is 19.8 Å². The molecule has 2 heteroatoms. The van der Waals surface area contributed by atoms with Gasteiger partial charge in [-0.15, -0.1) is 0 Å². The molecule has 0 N–H and O–H groups in total. The van der Waals surface area contributed by atoms with Crippen LogP contribution in [-0.4, -0.2) is 12.6 Å². The van der Waals surface area contributed by atoms with Crippen molar-refractivity contribution in [3.8, 4) is 0 Å². The molecule has 0 saturated carbocycles. The van der Waals surface area contributed by atoms with Crippen molar-refractivity contribution >= 4 is 12.0 Å². The van der Waals surface area contributed by atoms with Crippen molar-refractivity contribution in [3.63, 3.8) is 0 Å². The molecule has 0 atom stereocenters. The van der Waals surface area contributed by atoms with Crippen LogP contribution in [0.3, 0.4) is 0 Å². The summed E-state index contributed by atoms with van der Waals surface area (Å²) >= 11 is 0. The van der Waals surface area contributed by atoms with E-state index in [1.54, 1.807) is 12.1 Å². The highest BCUT2D eigenvalue weighted by Crippen LogP contribution is 2.01. The highest BCUT2D eigenvalue weighted by atomic mass is 16.5. The van der Waals surface area contributed by atoms with Gasteiger partial charge in [0.1, 0.15) is 0 Å². The Hall–Kier alpha value is -1.57. The van der Waals surface area contributed by atoms with Gasteiger partial charge in [0.05, 0.1) is 7.98 Å². The minimum Gasteiger partial charge on any atom is -0.463 e.